The van der Waals surface area contributed by atoms with Crippen LogP contribution in [-0.2, 0) is 0 Å². The lowest BCUT2D eigenvalue weighted by molar-refractivity contribution is 0.162. The molecule has 1 heteroatoms. The molecule has 1 nitrogen and oxygen atoms in total. The lowest BCUT2D eigenvalue weighted by atomic mass is 9.82. The van der Waals surface area contributed by atoms with Gasteiger partial charge in [0, 0.05) is 18.8 Å². The van der Waals surface area contributed by atoms with Crippen molar-refractivity contribution in [3.8, 4) is 0 Å². The normalized spacial score (nSPS) is 23.4. The van der Waals surface area contributed by atoms with E-state index >= 15 is 0 Å². The summed E-state index contributed by atoms with van der Waals surface area (Å²) in [5, 5.41) is 0. The van der Waals surface area contributed by atoms with Gasteiger partial charge in [0.15, 0.2) is 0 Å². The van der Waals surface area contributed by atoms with Crippen LogP contribution in [0.2, 0.25) is 0 Å². The molecule has 1 saturated heterocycles. The van der Waals surface area contributed by atoms with Crippen LogP contribution in [0.25, 0.3) is 0 Å². The molecule has 1 aliphatic heterocycles. The van der Waals surface area contributed by atoms with Crippen LogP contribution in [-0.4, -0.2) is 18.0 Å². The fourth-order valence-corrected chi connectivity index (χ4v) is 1.89. The molecular formula is C12H23N. The molecule has 0 aliphatic carbocycles. The smallest absolute Gasteiger partial charge is 0.0179 e. The van der Waals surface area contributed by atoms with E-state index in [0.29, 0.717) is 5.41 Å². The molecule has 0 amide bonds. The van der Waals surface area contributed by atoms with Crippen molar-refractivity contribution >= 4 is 0 Å². The van der Waals surface area contributed by atoms with E-state index in [9.17, 15) is 0 Å². The van der Waals surface area contributed by atoms with Gasteiger partial charge in [-0.2, -0.15) is 0 Å². The van der Waals surface area contributed by atoms with Crippen LogP contribution in [0, 0.1) is 5.41 Å². The van der Waals surface area contributed by atoms with Crippen molar-refractivity contribution in [3.63, 3.8) is 0 Å². The van der Waals surface area contributed by atoms with Gasteiger partial charge in [-0.1, -0.05) is 26.8 Å². The average Bonchev–Trinajstić information content (AvgIpc) is 2.04. The number of nitrogens with zero attached hydrogens (tertiary/aromatic N) is 1. The van der Waals surface area contributed by atoms with Crippen molar-refractivity contribution in [2.45, 2.75) is 47.0 Å². The molecule has 0 N–H and O–H groups in total. The third kappa shape index (κ3) is 3.06. The lowest BCUT2D eigenvalue weighted by Crippen LogP contribution is -2.36. The van der Waals surface area contributed by atoms with Gasteiger partial charge >= 0.3 is 0 Å². The second kappa shape index (κ2) is 4.17. The van der Waals surface area contributed by atoms with E-state index in [0.717, 1.165) is 6.42 Å². The van der Waals surface area contributed by atoms with E-state index in [2.05, 4.69) is 38.7 Å². The zero-order chi connectivity index (χ0) is 9.90. The maximum absolute atomic E-state index is 2.52. The summed E-state index contributed by atoms with van der Waals surface area (Å²) in [5.41, 5.74) is 2.04. The Labute approximate surface area is 82.8 Å². The van der Waals surface area contributed by atoms with Crippen LogP contribution >= 0.6 is 0 Å². The summed E-state index contributed by atoms with van der Waals surface area (Å²) in [7, 11) is 0. The van der Waals surface area contributed by atoms with Crippen molar-refractivity contribution in [2.24, 2.45) is 5.41 Å². The maximum Gasteiger partial charge on any atom is 0.0179 e. The molecule has 0 unspecified atom stereocenters. The highest BCUT2D eigenvalue weighted by molar-refractivity contribution is 4.99. The van der Waals surface area contributed by atoms with Crippen LogP contribution < -0.4 is 0 Å². The molecule has 0 spiro atoms. The number of piperidine rings is 1. The van der Waals surface area contributed by atoms with Crippen molar-refractivity contribution < 1.29 is 0 Å². The van der Waals surface area contributed by atoms with Gasteiger partial charge in [-0.05, 0) is 31.6 Å². The summed E-state index contributed by atoms with van der Waals surface area (Å²) in [6, 6.07) is 0. The highest BCUT2D eigenvalue weighted by Gasteiger charge is 2.24. The Bertz CT molecular complexity index is 181. The van der Waals surface area contributed by atoms with E-state index in [1.807, 2.05) is 0 Å². The Morgan fingerprint density at radius 2 is 1.85 bits per heavy atom. The Hall–Kier alpha value is -0.460. The van der Waals surface area contributed by atoms with Gasteiger partial charge < -0.3 is 4.90 Å². The molecule has 13 heavy (non-hydrogen) atoms. The second-order valence-corrected chi connectivity index (χ2v) is 4.91. The average molecular weight is 181 g/mol. The highest BCUT2D eigenvalue weighted by Crippen LogP contribution is 2.31. The Morgan fingerprint density at radius 1 is 1.31 bits per heavy atom. The Morgan fingerprint density at radius 3 is 2.31 bits per heavy atom. The van der Waals surface area contributed by atoms with Gasteiger partial charge in [0.1, 0.15) is 0 Å². The first-order valence-corrected chi connectivity index (χ1v) is 5.47. The van der Waals surface area contributed by atoms with Gasteiger partial charge in [-0.3, -0.25) is 0 Å². The van der Waals surface area contributed by atoms with Crippen LogP contribution in [0.4, 0.5) is 0 Å². The molecular weight excluding hydrogens is 158 g/mol. The fraction of sp³-hybridized carbons (Fsp3) is 0.833. The Kier molecular flexibility index (Phi) is 3.40. The van der Waals surface area contributed by atoms with Gasteiger partial charge in [-0.15, -0.1) is 0 Å². The predicted octanol–water partition coefficient (Wildman–Crippen LogP) is 3.42. The summed E-state index contributed by atoms with van der Waals surface area (Å²) in [6.07, 6.45) is 6.16. The predicted molar refractivity (Wildman–Crippen MR) is 58.6 cm³/mol. The van der Waals surface area contributed by atoms with Gasteiger partial charge in [0.05, 0.1) is 0 Å². The number of hydrogen-bond donors (Lipinski definition) is 0. The van der Waals surface area contributed by atoms with Crippen LogP contribution in [0.5, 0.6) is 0 Å². The summed E-state index contributed by atoms with van der Waals surface area (Å²) < 4.78 is 0. The molecule has 1 aliphatic rings. The SMILES string of the molecule is CC/C=C(/C)N1CCC(C)(C)CC1. The molecule has 0 aromatic carbocycles. The molecule has 0 aromatic heterocycles. The summed E-state index contributed by atoms with van der Waals surface area (Å²) >= 11 is 0. The molecule has 0 saturated carbocycles. The lowest BCUT2D eigenvalue weighted by Gasteiger charge is -2.38. The molecule has 1 rings (SSSR count). The molecule has 76 valence electrons. The fourth-order valence-electron chi connectivity index (χ4n) is 1.89. The van der Waals surface area contributed by atoms with Gasteiger partial charge in [0.2, 0.25) is 0 Å². The van der Waals surface area contributed by atoms with Crippen molar-refractivity contribution in [2.75, 3.05) is 13.1 Å². The number of allylic oxidation sites excluding steroid dienone is 2. The van der Waals surface area contributed by atoms with Crippen LogP contribution in [0.1, 0.15) is 47.0 Å². The summed E-state index contributed by atoms with van der Waals surface area (Å²) in [5.74, 6) is 0. The number of likely N-dealkylation sites (tertiary alicyclic amines) is 1. The van der Waals surface area contributed by atoms with Crippen molar-refractivity contribution in [3.05, 3.63) is 11.8 Å². The molecule has 1 heterocycles. The highest BCUT2D eigenvalue weighted by atomic mass is 15.1. The Balaban J connectivity index is 2.45. The first-order chi connectivity index (χ1) is 6.05. The van der Waals surface area contributed by atoms with Crippen molar-refractivity contribution in [1.82, 2.24) is 4.90 Å². The quantitative estimate of drug-likeness (QED) is 0.631. The standard InChI is InChI=1S/C12H23N/c1-5-6-11(2)13-9-7-12(3,4)8-10-13/h6H,5,7-10H2,1-4H3/b11-6-. The zero-order valence-electron chi connectivity index (χ0n) is 9.56. The van der Waals surface area contributed by atoms with E-state index in [-0.39, 0.29) is 0 Å². The third-order valence-electron chi connectivity index (χ3n) is 3.12. The maximum atomic E-state index is 2.52. The van der Waals surface area contributed by atoms with Gasteiger partial charge in [-0.25, -0.2) is 0 Å². The van der Waals surface area contributed by atoms with E-state index in [1.165, 1.54) is 31.6 Å². The largest absolute Gasteiger partial charge is 0.375 e. The first kappa shape index (κ1) is 10.6. The molecule has 0 radical (unpaired) electrons. The minimum absolute atomic E-state index is 0.572. The minimum Gasteiger partial charge on any atom is -0.375 e. The molecule has 0 atom stereocenters. The topological polar surface area (TPSA) is 3.24 Å². The first-order valence-electron chi connectivity index (χ1n) is 5.47. The van der Waals surface area contributed by atoms with Crippen LogP contribution in [0.15, 0.2) is 11.8 Å². The van der Waals surface area contributed by atoms with E-state index < -0.39 is 0 Å². The minimum atomic E-state index is 0.572. The molecule has 0 bridgehead atoms. The second-order valence-electron chi connectivity index (χ2n) is 4.91. The zero-order valence-corrected chi connectivity index (χ0v) is 9.56. The van der Waals surface area contributed by atoms with E-state index in [4.69, 9.17) is 0 Å². The van der Waals surface area contributed by atoms with Gasteiger partial charge in [0.25, 0.3) is 0 Å². The van der Waals surface area contributed by atoms with Crippen LogP contribution in [0.3, 0.4) is 0 Å². The summed E-state index contributed by atoms with van der Waals surface area (Å²) in [6.45, 7) is 11.7. The monoisotopic (exact) mass is 181 g/mol. The molecule has 1 fully saturated rings. The molecule has 0 aromatic rings. The van der Waals surface area contributed by atoms with Crippen molar-refractivity contribution in [1.29, 1.82) is 0 Å². The van der Waals surface area contributed by atoms with E-state index in [1.54, 1.807) is 0 Å². The number of hydrogen-bond acceptors (Lipinski definition) is 1. The number of rotatable bonds is 2. The third-order valence-corrected chi connectivity index (χ3v) is 3.12. The summed E-state index contributed by atoms with van der Waals surface area (Å²) in [4.78, 5) is 2.52.